The van der Waals surface area contributed by atoms with Gasteiger partial charge in [0.05, 0.1) is 0 Å². The van der Waals surface area contributed by atoms with Crippen molar-refractivity contribution in [2.75, 3.05) is 13.3 Å². The standard InChI is InChI=1S/C5H9NOS/c1-6-3-4-7-5(6)8-2/h3-5H,1-2H3. The molecule has 0 aromatic heterocycles. The van der Waals surface area contributed by atoms with E-state index >= 15 is 0 Å². The molecule has 0 aliphatic carbocycles. The number of rotatable bonds is 1. The fourth-order valence-corrected chi connectivity index (χ4v) is 1.16. The Labute approximate surface area is 53.5 Å². The van der Waals surface area contributed by atoms with E-state index in [2.05, 4.69) is 0 Å². The van der Waals surface area contributed by atoms with Crippen LogP contribution in [0.3, 0.4) is 0 Å². The van der Waals surface area contributed by atoms with Crippen LogP contribution in [0, 0.1) is 0 Å². The van der Waals surface area contributed by atoms with Crippen molar-refractivity contribution >= 4 is 11.8 Å². The normalized spacial score (nSPS) is 26.2. The third kappa shape index (κ3) is 0.916. The Morgan fingerprint density at radius 2 is 2.50 bits per heavy atom. The molecule has 0 fully saturated rings. The van der Waals surface area contributed by atoms with Crippen LogP contribution in [-0.4, -0.2) is 23.8 Å². The Bertz CT molecular complexity index is 105. The summed E-state index contributed by atoms with van der Waals surface area (Å²) in [6, 6.07) is 0. The molecule has 0 saturated heterocycles. The Morgan fingerprint density at radius 1 is 1.75 bits per heavy atom. The van der Waals surface area contributed by atoms with Crippen LogP contribution in [0.4, 0.5) is 0 Å². The molecule has 1 aliphatic heterocycles. The largest absolute Gasteiger partial charge is 0.467 e. The minimum absolute atomic E-state index is 0.204. The summed E-state index contributed by atoms with van der Waals surface area (Å²) >= 11 is 1.68. The monoisotopic (exact) mass is 131 g/mol. The molecule has 3 heteroatoms. The molecule has 1 atom stereocenters. The first-order valence-electron chi connectivity index (χ1n) is 2.41. The molecule has 1 heterocycles. The Balaban J connectivity index is 2.38. The average molecular weight is 131 g/mol. The van der Waals surface area contributed by atoms with Crippen LogP contribution in [0.15, 0.2) is 12.5 Å². The second kappa shape index (κ2) is 2.31. The molecule has 0 saturated carbocycles. The molecule has 0 aromatic rings. The van der Waals surface area contributed by atoms with Gasteiger partial charge in [0.25, 0.3) is 0 Å². The summed E-state index contributed by atoms with van der Waals surface area (Å²) in [5, 5.41) is 0. The van der Waals surface area contributed by atoms with Gasteiger partial charge in [-0.15, -0.1) is 0 Å². The lowest BCUT2D eigenvalue weighted by Gasteiger charge is -2.15. The number of hydrogen-bond donors (Lipinski definition) is 0. The lowest BCUT2D eigenvalue weighted by atomic mass is 10.9. The summed E-state index contributed by atoms with van der Waals surface area (Å²) in [7, 11) is 1.99. The van der Waals surface area contributed by atoms with E-state index in [4.69, 9.17) is 4.74 Å². The van der Waals surface area contributed by atoms with Gasteiger partial charge in [0.1, 0.15) is 6.26 Å². The number of nitrogens with zero attached hydrogens (tertiary/aromatic N) is 1. The third-order valence-corrected chi connectivity index (χ3v) is 1.87. The van der Waals surface area contributed by atoms with E-state index in [1.807, 2.05) is 24.4 Å². The van der Waals surface area contributed by atoms with Crippen LogP contribution in [0.25, 0.3) is 0 Å². The SMILES string of the molecule is CSC1OC=CN1C. The van der Waals surface area contributed by atoms with Gasteiger partial charge < -0.3 is 9.64 Å². The Morgan fingerprint density at radius 3 is 2.75 bits per heavy atom. The summed E-state index contributed by atoms with van der Waals surface area (Å²) < 4.78 is 5.12. The van der Waals surface area contributed by atoms with Crippen LogP contribution in [0.2, 0.25) is 0 Å². The number of thioether (sulfide) groups is 1. The smallest absolute Gasteiger partial charge is 0.219 e. The van der Waals surface area contributed by atoms with Gasteiger partial charge in [-0.2, -0.15) is 0 Å². The molecule has 46 valence electrons. The van der Waals surface area contributed by atoms with Crippen molar-refractivity contribution in [1.29, 1.82) is 0 Å². The highest BCUT2D eigenvalue weighted by atomic mass is 32.2. The first-order valence-corrected chi connectivity index (χ1v) is 3.70. The van der Waals surface area contributed by atoms with Crippen LogP contribution in [0.1, 0.15) is 0 Å². The van der Waals surface area contributed by atoms with Gasteiger partial charge in [-0.25, -0.2) is 0 Å². The minimum Gasteiger partial charge on any atom is -0.467 e. The zero-order valence-electron chi connectivity index (χ0n) is 5.00. The highest BCUT2D eigenvalue weighted by molar-refractivity contribution is 7.99. The minimum atomic E-state index is 0.204. The lowest BCUT2D eigenvalue weighted by Crippen LogP contribution is -2.19. The van der Waals surface area contributed by atoms with Gasteiger partial charge in [-0.05, 0) is 6.26 Å². The Kier molecular flexibility index (Phi) is 1.68. The summed E-state index contributed by atoms with van der Waals surface area (Å²) in [6.45, 7) is 0. The van der Waals surface area contributed by atoms with Crippen molar-refractivity contribution < 1.29 is 4.74 Å². The maximum atomic E-state index is 5.12. The summed E-state index contributed by atoms with van der Waals surface area (Å²) in [5.41, 5.74) is 0.204. The predicted octanol–water partition coefficient (Wildman–Crippen LogP) is 1.07. The van der Waals surface area contributed by atoms with E-state index in [0.29, 0.717) is 0 Å². The van der Waals surface area contributed by atoms with Crippen LogP contribution >= 0.6 is 11.8 Å². The van der Waals surface area contributed by atoms with E-state index in [9.17, 15) is 0 Å². The molecule has 1 aliphatic rings. The molecular weight excluding hydrogens is 122 g/mol. The van der Waals surface area contributed by atoms with Gasteiger partial charge >= 0.3 is 0 Å². The quantitative estimate of drug-likeness (QED) is 0.528. The lowest BCUT2D eigenvalue weighted by molar-refractivity contribution is 0.156. The molecule has 0 bridgehead atoms. The van der Waals surface area contributed by atoms with Crippen molar-refractivity contribution in [2.24, 2.45) is 0 Å². The predicted molar refractivity (Wildman–Crippen MR) is 35.3 cm³/mol. The van der Waals surface area contributed by atoms with Crippen molar-refractivity contribution in [2.45, 2.75) is 5.56 Å². The van der Waals surface area contributed by atoms with E-state index in [1.54, 1.807) is 18.0 Å². The van der Waals surface area contributed by atoms with Crippen LogP contribution < -0.4 is 0 Å². The van der Waals surface area contributed by atoms with Crippen molar-refractivity contribution in [1.82, 2.24) is 4.90 Å². The van der Waals surface area contributed by atoms with Gasteiger partial charge in [0.2, 0.25) is 5.56 Å². The first kappa shape index (κ1) is 5.82. The van der Waals surface area contributed by atoms with Crippen molar-refractivity contribution in [3.63, 3.8) is 0 Å². The molecule has 0 amide bonds. The molecule has 0 N–H and O–H groups in total. The Hall–Kier alpha value is -0.310. The second-order valence-corrected chi connectivity index (χ2v) is 2.50. The van der Waals surface area contributed by atoms with Crippen LogP contribution in [-0.2, 0) is 4.74 Å². The highest BCUT2D eigenvalue weighted by Gasteiger charge is 2.13. The molecule has 8 heavy (non-hydrogen) atoms. The molecule has 0 radical (unpaired) electrons. The topological polar surface area (TPSA) is 12.5 Å². The van der Waals surface area contributed by atoms with E-state index in [-0.39, 0.29) is 5.56 Å². The molecule has 1 unspecified atom stereocenters. The average Bonchev–Trinajstić information content (AvgIpc) is 2.14. The number of hydrogen-bond acceptors (Lipinski definition) is 3. The molecule has 2 nitrogen and oxygen atoms in total. The fraction of sp³-hybridized carbons (Fsp3) is 0.600. The third-order valence-electron chi connectivity index (χ3n) is 1.03. The molecule has 0 aromatic carbocycles. The van der Waals surface area contributed by atoms with Gasteiger partial charge in [0.15, 0.2) is 0 Å². The van der Waals surface area contributed by atoms with Gasteiger partial charge in [-0.3, -0.25) is 0 Å². The molecular formula is C5H9NOS. The highest BCUT2D eigenvalue weighted by Crippen LogP contribution is 2.17. The molecule has 0 spiro atoms. The van der Waals surface area contributed by atoms with E-state index in [0.717, 1.165) is 0 Å². The second-order valence-electron chi connectivity index (χ2n) is 1.63. The fourth-order valence-electron chi connectivity index (χ4n) is 0.586. The maximum Gasteiger partial charge on any atom is 0.219 e. The summed E-state index contributed by atoms with van der Waals surface area (Å²) in [4.78, 5) is 2.02. The number of ether oxygens (including phenoxy) is 1. The molecule has 1 rings (SSSR count). The zero-order chi connectivity index (χ0) is 5.98. The van der Waals surface area contributed by atoms with E-state index in [1.165, 1.54) is 0 Å². The summed E-state index contributed by atoms with van der Waals surface area (Å²) in [5.74, 6) is 0. The van der Waals surface area contributed by atoms with Crippen molar-refractivity contribution in [3.05, 3.63) is 12.5 Å². The van der Waals surface area contributed by atoms with Gasteiger partial charge in [0, 0.05) is 13.2 Å². The van der Waals surface area contributed by atoms with Crippen LogP contribution in [0.5, 0.6) is 0 Å². The van der Waals surface area contributed by atoms with Crippen molar-refractivity contribution in [3.8, 4) is 0 Å². The maximum absolute atomic E-state index is 5.12. The zero-order valence-corrected chi connectivity index (χ0v) is 5.81. The van der Waals surface area contributed by atoms with E-state index < -0.39 is 0 Å². The summed E-state index contributed by atoms with van der Waals surface area (Å²) in [6.07, 6.45) is 5.65. The van der Waals surface area contributed by atoms with Gasteiger partial charge in [-0.1, -0.05) is 11.8 Å². The first-order chi connectivity index (χ1) is 3.84.